The van der Waals surface area contributed by atoms with Crippen molar-refractivity contribution in [1.82, 2.24) is 4.98 Å². The minimum atomic E-state index is -4.05. The molecule has 0 saturated heterocycles. The van der Waals surface area contributed by atoms with Crippen LogP contribution in [0.3, 0.4) is 0 Å². The Labute approximate surface area is 235 Å². The van der Waals surface area contributed by atoms with E-state index in [0.717, 1.165) is 0 Å². The number of pyridine rings is 1. The van der Waals surface area contributed by atoms with Gasteiger partial charge in [-0.1, -0.05) is 48.3 Å². The van der Waals surface area contributed by atoms with Gasteiger partial charge in [0.15, 0.2) is 0 Å². The normalized spacial score (nSPS) is 16.9. The Bertz CT molecular complexity index is 1490. The molecule has 3 aromatic rings. The minimum absolute atomic E-state index is 0.0237. The fourth-order valence-corrected chi connectivity index (χ4v) is 5.69. The van der Waals surface area contributed by atoms with E-state index in [-0.39, 0.29) is 52.5 Å². The van der Waals surface area contributed by atoms with Crippen LogP contribution in [0.1, 0.15) is 29.8 Å². The number of carboxylic acids is 1. The first-order chi connectivity index (χ1) is 18.5. The molecule has 2 aromatic carbocycles. The van der Waals surface area contributed by atoms with E-state index >= 15 is 0 Å². The Morgan fingerprint density at radius 2 is 1.77 bits per heavy atom. The lowest BCUT2D eigenvalue weighted by Gasteiger charge is -2.22. The SMILES string of the molecule is COc1nc(OCC2C(c3c(Cl)cccc3Cl)=NOC2C(C)C)ccc1NS(=O)(=O)c1ccc(C(=O)O)cc1. The number of carboxylic acid groups (broad SMARTS) is 1. The zero-order valence-corrected chi connectivity index (χ0v) is 23.4. The van der Waals surface area contributed by atoms with Gasteiger partial charge in [-0.05, 0) is 48.4 Å². The van der Waals surface area contributed by atoms with E-state index in [1.165, 1.54) is 43.5 Å². The molecule has 1 aliphatic rings. The van der Waals surface area contributed by atoms with E-state index < -0.39 is 16.0 Å². The molecule has 2 unspecified atom stereocenters. The highest BCUT2D eigenvalue weighted by Gasteiger charge is 2.39. The van der Waals surface area contributed by atoms with Gasteiger partial charge in [-0.3, -0.25) is 4.72 Å². The lowest BCUT2D eigenvalue weighted by Crippen LogP contribution is -2.33. The van der Waals surface area contributed by atoms with Crippen molar-refractivity contribution in [1.29, 1.82) is 0 Å². The number of aromatic carboxylic acids is 1. The summed E-state index contributed by atoms with van der Waals surface area (Å²) in [6, 6.07) is 12.9. The molecule has 0 fully saturated rings. The van der Waals surface area contributed by atoms with Gasteiger partial charge in [-0.15, -0.1) is 0 Å². The smallest absolute Gasteiger partial charge is 0.335 e. The highest BCUT2D eigenvalue weighted by atomic mass is 35.5. The van der Waals surface area contributed by atoms with E-state index in [1.807, 2.05) is 13.8 Å². The van der Waals surface area contributed by atoms with Crippen LogP contribution in [0.2, 0.25) is 10.0 Å². The average molecular weight is 594 g/mol. The van der Waals surface area contributed by atoms with Crippen LogP contribution in [0.4, 0.5) is 5.69 Å². The molecule has 0 radical (unpaired) electrons. The number of anilines is 1. The molecule has 13 heteroatoms. The monoisotopic (exact) mass is 593 g/mol. The van der Waals surface area contributed by atoms with E-state index in [2.05, 4.69) is 14.9 Å². The second kappa shape index (κ2) is 11.7. The van der Waals surface area contributed by atoms with Crippen LogP contribution in [0.15, 0.2) is 64.6 Å². The molecule has 2 heterocycles. The van der Waals surface area contributed by atoms with Gasteiger partial charge in [0.2, 0.25) is 11.8 Å². The topological polar surface area (TPSA) is 136 Å². The first-order valence-electron chi connectivity index (χ1n) is 11.7. The highest BCUT2D eigenvalue weighted by Crippen LogP contribution is 2.35. The van der Waals surface area contributed by atoms with E-state index in [0.29, 0.717) is 21.3 Å². The van der Waals surface area contributed by atoms with Crippen molar-refractivity contribution in [2.75, 3.05) is 18.4 Å². The molecule has 1 aromatic heterocycles. The molecule has 39 heavy (non-hydrogen) atoms. The maximum Gasteiger partial charge on any atom is 0.335 e. The maximum atomic E-state index is 12.8. The highest BCUT2D eigenvalue weighted by molar-refractivity contribution is 7.92. The fourth-order valence-electron chi connectivity index (χ4n) is 4.04. The molecule has 0 spiro atoms. The average Bonchev–Trinajstić information content (AvgIpc) is 3.31. The van der Waals surface area contributed by atoms with Crippen molar-refractivity contribution in [2.24, 2.45) is 17.0 Å². The summed E-state index contributed by atoms with van der Waals surface area (Å²) in [5, 5.41) is 14.2. The Hall–Kier alpha value is -3.54. The summed E-state index contributed by atoms with van der Waals surface area (Å²) in [5.41, 5.74) is 1.17. The molecule has 4 rings (SSSR count). The number of nitrogens with zero attached hydrogens (tertiary/aromatic N) is 2. The summed E-state index contributed by atoms with van der Waals surface area (Å²) in [7, 11) is -2.71. The maximum absolute atomic E-state index is 12.8. The Kier molecular flexibility index (Phi) is 8.53. The molecule has 0 amide bonds. The molecule has 10 nitrogen and oxygen atoms in total. The third-order valence-electron chi connectivity index (χ3n) is 5.99. The second-order valence-electron chi connectivity index (χ2n) is 8.95. The quantitative estimate of drug-likeness (QED) is 0.321. The molecule has 0 bridgehead atoms. The van der Waals surface area contributed by atoms with Crippen LogP contribution in [0, 0.1) is 11.8 Å². The molecule has 0 aliphatic carbocycles. The van der Waals surface area contributed by atoms with Crippen LogP contribution in [-0.4, -0.2) is 50.0 Å². The number of benzene rings is 2. The zero-order valence-electron chi connectivity index (χ0n) is 21.1. The molecule has 2 atom stereocenters. The van der Waals surface area contributed by atoms with Gasteiger partial charge >= 0.3 is 5.97 Å². The summed E-state index contributed by atoms with van der Waals surface area (Å²) in [5.74, 6) is -1.22. The number of hydrogen-bond acceptors (Lipinski definition) is 8. The molecule has 206 valence electrons. The van der Waals surface area contributed by atoms with Gasteiger partial charge in [0, 0.05) is 11.6 Å². The number of ether oxygens (including phenoxy) is 2. The molecule has 0 saturated carbocycles. The van der Waals surface area contributed by atoms with Crippen molar-refractivity contribution >= 4 is 50.6 Å². The largest absolute Gasteiger partial charge is 0.479 e. The van der Waals surface area contributed by atoms with Crippen molar-refractivity contribution in [3.63, 3.8) is 0 Å². The third kappa shape index (κ3) is 6.21. The predicted octanol–water partition coefficient (Wildman–Crippen LogP) is 5.35. The number of rotatable bonds is 10. The van der Waals surface area contributed by atoms with Crippen molar-refractivity contribution in [3.05, 3.63) is 75.8 Å². The number of carbonyl (C=O) groups is 1. The molecular weight excluding hydrogens is 569 g/mol. The number of methoxy groups -OCH3 is 1. The summed E-state index contributed by atoms with van der Waals surface area (Å²) in [4.78, 5) is 20.9. The second-order valence-corrected chi connectivity index (χ2v) is 11.4. The van der Waals surface area contributed by atoms with Gasteiger partial charge in [0.1, 0.15) is 24.1 Å². The number of nitrogens with one attached hydrogen (secondary N) is 1. The third-order valence-corrected chi connectivity index (χ3v) is 8.00. The lowest BCUT2D eigenvalue weighted by molar-refractivity contribution is 0.0173. The Morgan fingerprint density at radius 1 is 1.10 bits per heavy atom. The van der Waals surface area contributed by atoms with Gasteiger partial charge in [-0.25, -0.2) is 13.2 Å². The number of hydrogen-bond donors (Lipinski definition) is 2. The van der Waals surface area contributed by atoms with Crippen LogP contribution in [0.25, 0.3) is 0 Å². The summed E-state index contributed by atoms with van der Waals surface area (Å²) >= 11 is 12.8. The molecular formula is C26H25Cl2N3O7S. The Morgan fingerprint density at radius 3 is 2.36 bits per heavy atom. The zero-order chi connectivity index (χ0) is 28.3. The summed E-state index contributed by atoms with van der Waals surface area (Å²) < 4.78 is 39.4. The van der Waals surface area contributed by atoms with Crippen LogP contribution < -0.4 is 14.2 Å². The number of halogens is 2. The van der Waals surface area contributed by atoms with Gasteiger partial charge in [-0.2, -0.15) is 4.98 Å². The van der Waals surface area contributed by atoms with Crippen molar-refractivity contribution in [3.8, 4) is 11.8 Å². The van der Waals surface area contributed by atoms with E-state index in [4.69, 9.17) is 42.6 Å². The standard InChI is InChI=1S/C26H25Cl2N3O7S/c1-14(2)24-17(23(30-38-24)22-18(27)5-4-6-19(22)28)13-37-21-12-11-20(25(29-21)36-3)31-39(34,35)16-9-7-15(8-10-16)26(32)33/h4-12,14,17,24,31H,13H2,1-3H3,(H,32,33). The number of sulfonamides is 1. The number of oxime groups is 1. The first-order valence-corrected chi connectivity index (χ1v) is 14.0. The van der Waals surface area contributed by atoms with Crippen LogP contribution in [-0.2, 0) is 14.9 Å². The summed E-state index contributed by atoms with van der Waals surface area (Å²) in [6.45, 7) is 4.13. The lowest BCUT2D eigenvalue weighted by atomic mass is 9.87. The minimum Gasteiger partial charge on any atom is -0.479 e. The first kappa shape index (κ1) is 28.5. The number of aromatic nitrogens is 1. The summed E-state index contributed by atoms with van der Waals surface area (Å²) in [6.07, 6.45) is -0.298. The van der Waals surface area contributed by atoms with Crippen molar-refractivity contribution in [2.45, 2.75) is 24.8 Å². The van der Waals surface area contributed by atoms with E-state index in [1.54, 1.807) is 18.2 Å². The molecule has 2 N–H and O–H groups in total. The Balaban J connectivity index is 1.53. The van der Waals surface area contributed by atoms with Crippen molar-refractivity contribution < 1.29 is 32.6 Å². The fraction of sp³-hybridized carbons (Fsp3) is 0.269. The molecule has 1 aliphatic heterocycles. The van der Waals surface area contributed by atoms with E-state index in [9.17, 15) is 13.2 Å². The predicted molar refractivity (Wildman–Crippen MR) is 147 cm³/mol. The van der Waals surface area contributed by atoms with Crippen LogP contribution in [0.5, 0.6) is 11.8 Å². The van der Waals surface area contributed by atoms with Gasteiger partial charge < -0.3 is 19.4 Å². The van der Waals surface area contributed by atoms with Gasteiger partial charge in [0.05, 0.1) is 33.5 Å². The van der Waals surface area contributed by atoms with Gasteiger partial charge in [0.25, 0.3) is 10.0 Å². The van der Waals surface area contributed by atoms with Crippen LogP contribution >= 0.6 is 23.2 Å².